The van der Waals surface area contributed by atoms with Crippen LogP contribution < -0.4 is 21.1 Å². The van der Waals surface area contributed by atoms with Gasteiger partial charge in [-0.2, -0.15) is 0 Å². The molecule has 0 aliphatic carbocycles. The third-order valence-electron chi connectivity index (χ3n) is 7.35. The second-order valence-electron chi connectivity index (χ2n) is 10.1. The van der Waals surface area contributed by atoms with Crippen LogP contribution in [0.1, 0.15) is 49.1 Å². The predicted octanol–water partition coefficient (Wildman–Crippen LogP) is 4.70. The van der Waals surface area contributed by atoms with E-state index in [2.05, 4.69) is 20.4 Å². The number of nitrogens with one attached hydrogen (secondary N) is 1. The zero-order valence-electron chi connectivity index (χ0n) is 24.4. The van der Waals surface area contributed by atoms with Gasteiger partial charge in [0.1, 0.15) is 11.4 Å². The summed E-state index contributed by atoms with van der Waals surface area (Å²) < 4.78 is 31.7. The second-order valence-corrected chi connectivity index (χ2v) is 10.1. The summed E-state index contributed by atoms with van der Waals surface area (Å²) in [5.74, 6) is -0.0502. The van der Waals surface area contributed by atoms with Gasteiger partial charge in [-0.3, -0.25) is 9.78 Å². The van der Waals surface area contributed by atoms with Crippen LogP contribution in [0.5, 0.6) is 0 Å². The number of morpholine rings is 1. The highest BCUT2D eigenvalue weighted by molar-refractivity contribution is 6.62. The fraction of sp³-hybridized carbons (Fsp3) is 0.323. The molecule has 1 atom stereocenters. The largest absolute Gasteiger partial charge is 0.586 e. The number of ether oxygens (including phenoxy) is 1. The van der Waals surface area contributed by atoms with E-state index in [0.29, 0.717) is 71.2 Å². The highest BCUT2D eigenvalue weighted by atomic mass is 19.1. The molecule has 9 nitrogen and oxygen atoms in total. The molecule has 4 aromatic rings. The third-order valence-corrected chi connectivity index (χ3v) is 7.35. The van der Waals surface area contributed by atoms with E-state index in [1.165, 1.54) is 12.3 Å². The van der Waals surface area contributed by atoms with Crippen molar-refractivity contribution in [2.45, 2.75) is 40.7 Å². The van der Waals surface area contributed by atoms with Crippen LogP contribution in [0.2, 0.25) is 0 Å². The molecule has 1 fully saturated rings. The maximum atomic E-state index is 15.0. The zero-order valence-corrected chi connectivity index (χ0v) is 24.4. The maximum Gasteiger partial charge on any atom is 0.586 e. The van der Waals surface area contributed by atoms with Crippen LogP contribution in [0, 0.1) is 19.7 Å². The summed E-state index contributed by atoms with van der Waals surface area (Å²) in [5.41, 5.74) is 4.95. The van der Waals surface area contributed by atoms with Crippen LogP contribution in [-0.4, -0.2) is 49.6 Å². The Morgan fingerprint density at radius 2 is 1.90 bits per heavy atom. The number of fused-ring (bicyclic) bond motifs is 2. The van der Waals surface area contributed by atoms with E-state index in [1.54, 1.807) is 25.3 Å². The molecule has 0 saturated carbocycles. The molecule has 2 aromatic carbocycles. The molecule has 2 aromatic heterocycles. The monoisotopic (exact) mass is 572 g/mol. The molecule has 6 rings (SSSR count). The van der Waals surface area contributed by atoms with Crippen LogP contribution in [0.25, 0.3) is 22.2 Å². The van der Waals surface area contributed by atoms with Gasteiger partial charge in [-0.25, -0.2) is 4.39 Å². The summed E-state index contributed by atoms with van der Waals surface area (Å²) in [5, 5.41) is 17.7. The summed E-state index contributed by atoms with van der Waals surface area (Å²) in [6, 6.07) is 10.3. The van der Waals surface area contributed by atoms with Gasteiger partial charge in [-0.05, 0) is 56.7 Å². The van der Waals surface area contributed by atoms with Crippen molar-refractivity contribution >= 4 is 41.3 Å². The van der Waals surface area contributed by atoms with Crippen LogP contribution in [0.3, 0.4) is 0 Å². The molecule has 2 N–H and O–H groups in total. The fourth-order valence-electron chi connectivity index (χ4n) is 5.35. The van der Waals surface area contributed by atoms with Crippen molar-refractivity contribution in [2.24, 2.45) is 5.16 Å². The predicted molar refractivity (Wildman–Crippen MR) is 164 cm³/mol. The second kappa shape index (κ2) is 12.3. The van der Waals surface area contributed by atoms with Gasteiger partial charge in [0.2, 0.25) is 5.88 Å². The highest BCUT2D eigenvalue weighted by Crippen LogP contribution is 2.34. The number of rotatable bonds is 5. The van der Waals surface area contributed by atoms with E-state index in [9.17, 15) is 9.82 Å². The standard InChI is InChI=1S/C29H28BFN4O5.C2H6/c1-16-11-21(28-22(12-16)27(36)17(2)29(39-28)35-7-9-38-10-8-35)18(3)34-24-5-4-6-32-26(24)19-13-20-15-33-40-30(37)25(20)23(31)14-19;1-2/h4-6,11-15,18,34,37H,7-10H2,1-3H3;1-2H3. The Morgan fingerprint density at radius 1 is 1.14 bits per heavy atom. The number of pyridine rings is 1. The van der Waals surface area contributed by atoms with Crippen LogP contribution in [0.15, 0.2) is 57.0 Å². The minimum Gasteiger partial charge on any atom is -0.440 e. The first-order valence-corrected chi connectivity index (χ1v) is 14.1. The van der Waals surface area contributed by atoms with E-state index >= 15 is 4.39 Å². The minimum absolute atomic E-state index is 0.0326. The van der Waals surface area contributed by atoms with Crippen LogP contribution in [0.4, 0.5) is 16.0 Å². The summed E-state index contributed by atoms with van der Waals surface area (Å²) in [4.78, 5) is 20.0. The molecule has 218 valence electrons. The van der Waals surface area contributed by atoms with Crippen molar-refractivity contribution in [3.63, 3.8) is 0 Å². The molecule has 1 unspecified atom stereocenters. The van der Waals surface area contributed by atoms with Crippen molar-refractivity contribution in [1.29, 1.82) is 0 Å². The van der Waals surface area contributed by atoms with E-state index in [0.717, 1.165) is 11.1 Å². The number of aryl methyl sites for hydroxylation is 1. The molecule has 0 spiro atoms. The lowest BCUT2D eigenvalue weighted by Crippen LogP contribution is -2.40. The molecule has 11 heteroatoms. The molecular weight excluding hydrogens is 538 g/mol. The molecule has 2 aliphatic heterocycles. The molecular formula is C31H34BFN4O5. The Hall–Kier alpha value is -4.22. The fourth-order valence-corrected chi connectivity index (χ4v) is 5.35. The van der Waals surface area contributed by atoms with Gasteiger partial charge in [-0.1, -0.05) is 19.9 Å². The molecule has 0 radical (unpaired) electrons. The molecule has 42 heavy (non-hydrogen) atoms. The van der Waals surface area contributed by atoms with E-state index in [4.69, 9.17) is 13.9 Å². The summed E-state index contributed by atoms with van der Waals surface area (Å²) in [6.45, 7) is 12.2. The number of aromatic nitrogens is 1. The molecule has 0 bridgehead atoms. The lowest BCUT2D eigenvalue weighted by molar-refractivity contribution is 0.120. The lowest BCUT2D eigenvalue weighted by atomic mass is 9.75. The van der Waals surface area contributed by atoms with Crippen molar-refractivity contribution in [1.82, 2.24) is 4.98 Å². The Bertz CT molecular complexity index is 1700. The Kier molecular flexibility index (Phi) is 8.60. The molecule has 0 amide bonds. The topological polar surface area (TPSA) is 109 Å². The Labute approximate surface area is 244 Å². The lowest BCUT2D eigenvalue weighted by Gasteiger charge is -2.29. The molecule has 2 aliphatic rings. The van der Waals surface area contributed by atoms with E-state index < -0.39 is 12.9 Å². The minimum atomic E-state index is -1.47. The normalized spacial score (nSPS) is 15.0. The van der Waals surface area contributed by atoms with Gasteiger partial charge in [-0.15, -0.1) is 5.16 Å². The van der Waals surface area contributed by atoms with E-state index in [-0.39, 0.29) is 16.9 Å². The first kappa shape index (κ1) is 29.3. The van der Waals surface area contributed by atoms with E-state index in [1.807, 2.05) is 45.9 Å². The van der Waals surface area contributed by atoms with Crippen molar-refractivity contribution in [2.75, 3.05) is 36.5 Å². The van der Waals surface area contributed by atoms with Crippen molar-refractivity contribution in [3.05, 3.63) is 80.9 Å². The van der Waals surface area contributed by atoms with Crippen LogP contribution in [-0.2, 0) is 9.49 Å². The van der Waals surface area contributed by atoms with Gasteiger partial charge >= 0.3 is 7.12 Å². The average Bonchev–Trinajstić information content (AvgIpc) is 3.00. The smallest absolute Gasteiger partial charge is 0.440 e. The SMILES string of the molecule is CC.Cc1cc(C(C)Nc2cccnc2-c2cc(F)c3c(c2)C=NOB3O)c2oc(N3CCOCC3)c(C)c(=O)c2c1. The van der Waals surface area contributed by atoms with Gasteiger partial charge in [0, 0.05) is 41.4 Å². The quantitative estimate of drug-likeness (QED) is 0.332. The molecule has 4 heterocycles. The number of anilines is 2. The number of hydrogen-bond acceptors (Lipinski definition) is 9. The first-order chi connectivity index (χ1) is 20.3. The number of benzene rings is 2. The number of halogens is 1. The maximum absolute atomic E-state index is 15.0. The van der Waals surface area contributed by atoms with Gasteiger partial charge in [0.05, 0.1) is 47.8 Å². The Balaban J connectivity index is 0.00000173. The number of oxime groups is 1. The zero-order chi connectivity index (χ0) is 30.0. The summed E-state index contributed by atoms with van der Waals surface area (Å²) in [6.07, 6.45) is 3.00. The average molecular weight is 572 g/mol. The number of nitrogens with zero attached hydrogens (tertiary/aromatic N) is 3. The van der Waals surface area contributed by atoms with Crippen molar-refractivity contribution in [3.8, 4) is 11.3 Å². The van der Waals surface area contributed by atoms with Gasteiger partial charge < -0.3 is 29.1 Å². The third kappa shape index (κ3) is 5.49. The summed E-state index contributed by atoms with van der Waals surface area (Å²) in [7, 11) is -1.47. The molecule has 1 saturated heterocycles. The first-order valence-electron chi connectivity index (χ1n) is 14.1. The van der Waals surface area contributed by atoms with Gasteiger partial charge in [0.25, 0.3) is 0 Å². The van der Waals surface area contributed by atoms with Crippen molar-refractivity contribution < 1.29 is 23.3 Å². The Morgan fingerprint density at radius 3 is 2.67 bits per heavy atom. The van der Waals surface area contributed by atoms with Crippen LogP contribution >= 0.6 is 0 Å². The number of hydrogen-bond donors (Lipinski definition) is 2. The summed E-state index contributed by atoms with van der Waals surface area (Å²) >= 11 is 0. The van der Waals surface area contributed by atoms with Gasteiger partial charge in [0.15, 0.2) is 5.43 Å². The highest BCUT2D eigenvalue weighted by Gasteiger charge is 2.30.